The number of likely N-dealkylation sites (N-methyl/N-ethyl adjacent to an activating group) is 1. The summed E-state index contributed by atoms with van der Waals surface area (Å²) in [5.74, 6) is -0.604. The average molecular weight is 488 g/mol. The molecule has 0 unspecified atom stereocenters. The number of anilines is 1. The van der Waals surface area contributed by atoms with E-state index in [1.807, 2.05) is 48.1 Å². The summed E-state index contributed by atoms with van der Waals surface area (Å²) in [4.78, 5) is 38.7. The number of benzene rings is 1. The van der Waals surface area contributed by atoms with Crippen molar-refractivity contribution in [1.82, 2.24) is 19.7 Å². The lowest BCUT2D eigenvalue weighted by Crippen LogP contribution is -2.37. The first-order valence-corrected chi connectivity index (χ1v) is 12.1. The van der Waals surface area contributed by atoms with Gasteiger partial charge in [0.15, 0.2) is 17.6 Å². The van der Waals surface area contributed by atoms with Crippen LogP contribution < -0.4 is 5.32 Å². The summed E-state index contributed by atoms with van der Waals surface area (Å²) in [6.07, 6.45) is 0. The lowest BCUT2D eigenvalue weighted by molar-refractivity contribution is -0.149. The van der Waals surface area contributed by atoms with Gasteiger partial charge in [-0.15, -0.1) is 21.5 Å². The van der Waals surface area contributed by atoms with Gasteiger partial charge in [-0.2, -0.15) is 0 Å². The fourth-order valence-electron chi connectivity index (χ4n) is 2.83. The Labute approximate surface area is 200 Å². The molecule has 2 heterocycles. The number of thioether (sulfide) groups is 1. The molecule has 0 saturated carbocycles. The molecule has 9 nitrogen and oxygen atoms in total. The van der Waals surface area contributed by atoms with E-state index in [1.54, 1.807) is 23.5 Å². The highest BCUT2D eigenvalue weighted by Gasteiger charge is 2.18. The summed E-state index contributed by atoms with van der Waals surface area (Å²) in [6.45, 7) is 4.01. The lowest BCUT2D eigenvalue weighted by atomic mass is 10.2. The van der Waals surface area contributed by atoms with Crippen LogP contribution in [0.4, 0.5) is 5.69 Å². The van der Waals surface area contributed by atoms with Crippen LogP contribution in [0.25, 0.3) is 10.7 Å². The zero-order chi connectivity index (χ0) is 23.8. The van der Waals surface area contributed by atoms with Gasteiger partial charge in [0.2, 0.25) is 5.91 Å². The van der Waals surface area contributed by atoms with E-state index >= 15 is 0 Å². The number of aromatic nitrogens is 3. The van der Waals surface area contributed by atoms with Gasteiger partial charge >= 0.3 is 5.97 Å². The molecule has 0 bridgehead atoms. The predicted molar refractivity (Wildman–Crippen MR) is 128 cm³/mol. The van der Waals surface area contributed by atoms with Gasteiger partial charge in [0, 0.05) is 19.3 Å². The van der Waals surface area contributed by atoms with Gasteiger partial charge in [-0.25, -0.2) is 0 Å². The molecule has 33 heavy (non-hydrogen) atoms. The molecule has 2 aromatic heterocycles. The van der Waals surface area contributed by atoms with Crippen LogP contribution in [-0.4, -0.2) is 63.4 Å². The van der Waals surface area contributed by atoms with E-state index < -0.39 is 18.5 Å². The van der Waals surface area contributed by atoms with Crippen LogP contribution in [0, 0.1) is 6.92 Å². The maximum absolute atomic E-state index is 12.2. The van der Waals surface area contributed by atoms with Crippen molar-refractivity contribution < 1.29 is 19.1 Å². The van der Waals surface area contributed by atoms with E-state index in [1.165, 1.54) is 23.7 Å². The number of carbonyl (C=O) groups excluding carboxylic acids is 3. The van der Waals surface area contributed by atoms with E-state index in [-0.39, 0.29) is 18.2 Å². The quantitative estimate of drug-likeness (QED) is 0.346. The second kappa shape index (κ2) is 11.6. The van der Waals surface area contributed by atoms with Crippen molar-refractivity contribution in [1.29, 1.82) is 0 Å². The zero-order valence-corrected chi connectivity index (χ0v) is 20.2. The average Bonchev–Trinajstić information content (AvgIpc) is 3.46. The molecule has 0 saturated heterocycles. The van der Waals surface area contributed by atoms with Gasteiger partial charge in [0.25, 0.3) is 5.91 Å². The normalized spacial score (nSPS) is 10.6. The topological polar surface area (TPSA) is 106 Å². The minimum absolute atomic E-state index is 0.00647. The van der Waals surface area contributed by atoms with Crippen molar-refractivity contribution in [2.75, 3.05) is 31.3 Å². The smallest absolute Gasteiger partial charge is 0.316 e. The number of aryl methyl sites for hydroxylation is 1. The lowest BCUT2D eigenvalue weighted by Gasteiger charge is -2.16. The second-order valence-electron chi connectivity index (χ2n) is 7.14. The second-order valence-corrected chi connectivity index (χ2v) is 9.03. The SMILES string of the molecule is CCn1c(SCC(=O)OCC(=O)N(C)CC(=O)Nc2ccc(C)cc2)nnc1-c1cccs1. The van der Waals surface area contributed by atoms with Crippen molar-refractivity contribution in [3.05, 3.63) is 47.3 Å². The fraction of sp³-hybridized carbons (Fsp3) is 0.318. The Morgan fingerprint density at radius 3 is 2.61 bits per heavy atom. The highest BCUT2D eigenvalue weighted by Crippen LogP contribution is 2.27. The van der Waals surface area contributed by atoms with Crippen LogP contribution >= 0.6 is 23.1 Å². The molecule has 2 amide bonds. The molecule has 0 atom stereocenters. The molecular weight excluding hydrogens is 462 g/mol. The Bertz CT molecular complexity index is 1100. The van der Waals surface area contributed by atoms with E-state index in [0.29, 0.717) is 17.4 Å². The number of ether oxygens (including phenoxy) is 1. The van der Waals surface area contributed by atoms with E-state index in [2.05, 4.69) is 15.5 Å². The minimum Gasteiger partial charge on any atom is -0.455 e. The van der Waals surface area contributed by atoms with Gasteiger partial charge in [-0.1, -0.05) is 35.5 Å². The van der Waals surface area contributed by atoms with Crippen LogP contribution in [-0.2, 0) is 25.7 Å². The Morgan fingerprint density at radius 2 is 1.94 bits per heavy atom. The standard InChI is InChI=1S/C22H25N5O4S2/c1-4-27-21(17-6-5-11-32-17)24-25-22(27)33-14-20(30)31-13-19(29)26(3)12-18(28)23-16-9-7-15(2)8-10-16/h5-11H,4,12-14H2,1-3H3,(H,23,28). The summed E-state index contributed by atoms with van der Waals surface area (Å²) in [5.41, 5.74) is 1.73. The first kappa shape index (κ1) is 24.5. The number of amides is 2. The number of nitrogens with one attached hydrogen (secondary N) is 1. The van der Waals surface area contributed by atoms with E-state index in [9.17, 15) is 14.4 Å². The summed E-state index contributed by atoms with van der Waals surface area (Å²) < 4.78 is 7.00. The minimum atomic E-state index is -0.547. The zero-order valence-electron chi connectivity index (χ0n) is 18.6. The number of esters is 1. The maximum atomic E-state index is 12.2. The Hall–Kier alpha value is -3.18. The predicted octanol–water partition coefficient (Wildman–Crippen LogP) is 3.07. The fourth-order valence-corrected chi connectivity index (χ4v) is 4.34. The molecule has 0 aliphatic rings. The summed E-state index contributed by atoms with van der Waals surface area (Å²) in [6, 6.07) is 11.3. The van der Waals surface area contributed by atoms with Crippen molar-refractivity contribution in [2.24, 2.45) is 0 Å². The third-order valence-corrected chi connectivity index (χ3v) is 6.40. The van der Waals surface area contributed by atoms with Gasteiger partial charge in [0.1, 0.15) is 0 Å². The molecular formula is C22H25N5O4S2. The third-order valence-electron chi connectivity index (χ3n) is 4.59. The molecule has 1 aromatic carbocycles. The van der Waals surface area contributed by atoms with Crippen LogP contribution in [0.3, 0.4) is 0 Å². The largest absolute Gasteiger partial charge is 0.455 e. The summed E-state index contributed by atoms with van der Waals surface area (Å²) >= 11 is 2.77. The summed E-state index contributed by atoms with van der Waals surface area (Å²) in [7, 11) is 1.48. The molecule has 0 radical (unpaired) electrons. The van der Waals surface area contributed by atoms with Crippen molar-refractivity contribution in [3.63, 3.8) is 0 Å². The molecule has 3 aromatic rings. The molecule has 0 aliphatic carbocycles. The number of rotatable bonds is 10. The van der Waals surface area contributed by atoms with Crippen molar-refractivity contribution >= 4 is 46.6 Å². The monoisotopic (exact) mass is 487 g/mol. The number of hydrogen-bond donors (Lipinski definition) is 1. The molecule has 3 rings (SSSR count). The van der Waals surface area contributed by atoms with Crippen molar-refractivity contribution in [2.45, 2.75) is 25.5 Å². The Kier molecular flexibility index (Phi) is 8.61. The first-order chi connectivity index (χ1) is 15.9. The highest BCUT2D eigenvalue weighted by atomic mass is 32.2. The Balaban J connectivity index is 1.42. The van der Waals surface area contributed by atoms with E-state index in [0.717, 1.165) is 16.3 Å². The number of hydrogen-bond acceptors (Lipinski definition) is 8. The van der Waals surface area contributed by atoms with E-state index in [4.69, 9.17) is 4.74 Å². The first-order valence-electron chi connectivity index (χ1n) is 10.2. The third kappa shape index (κ3) is 6.90. The van der Waals surface area contributed by atoms with Crippen LogP contribution in [0.5, 0.6) is 0 Å². The highest BCUT2D eigenvalue weighted by molar-refractivity contribution is 7.99. The van der Waals surface area contributed by atoms with Crippen molar-refractivity contribution in [3.8, 4) is 10.7 Å². The van der Waals surface area contributed by atoms with Crippen LogP contribution in [0.1, 0.15) is 12.5 Å². The molecule has 0 spiro atoms. The number of carbonyl (C=O) groups is 3. The van der Waals surface area contributed by atoms with Gasteiger partial charge in [-0.3, -0.25) is 14.4 Å². The van der Waals surface area contributed by atoms with Gasteiger partial charge < -0.3 is 19.5 Å². The summed E-state index contributed by atoms with van der Waals surface area (Å²) in [5, 5.41) is 13.7. The molecule has 0 fully saturated rings. The van der Waals surface area contributed by atoms with Gasteiger partial charge in [-0.05, 0) is 37.4 Å². The maximum Gasteiger partial charge on any atom is 0.316 e. The Morgan fingerprint density at radius 1 is 1.18 bits per heavy atom. The molecule has 174 valence electrons. The number of nitrogens with zero attached hydrogens (tertiary/aromatic N) is 4. The van der Waals surface area contributed by atoms with Crippen LogP contribution in [0.15, 0.2) is 46.9 Å². The molecule has 0 aliphatic heterocycles. The van der Waals surface area contributed by atoms with Crippen LogP contribution in [0.2, 0.25) is 0 Å². The van der Waals surface area contributed by atoms with Gasteiger partial charge in [0.05, 0.1) is 17.2 Å². The number of thiophene rings is 1. The molecule has 1 N–H and O–H groups in total. The molecule has 11 heteroatoms.